The zero-order chi connectivity index (χ0) is 22.6. The average Bonchev–Trinajstić information content (AvgIpc) is 2.85. The van der Waals surface area contributed by atoms with Crippen LogP contribution >= 0.6 is 11.8 Å². The maximum atomic E-state index is 12.6. The Bertz CT molecular complexity index is 1320. The molecule has 0 spiro atoms. The van der Waals surface area contributed by atoms with Gasteiger partial charge in [-0.1, -0.05) is 48.2 Å². The molecule has 3 aromatic carbocycles. The molecule has 0 saturated carbocycles. The lowest BCUT2D eigenvalue weighted by Gasteiger charge is -2.32. The number of nitrogens with one attached hydrogen (secondary N) is 1. The Morgan fingerprint density at radius 3 is 2.30 bits per heavy atom. The van der Waals surface area contributed by atoms with E-state index in [0.717, 1.165) is 13.0 Å². The topological polar surface area (TPSA) is 67.2 Å². The van der Waals surface area contributed by atoms with Crippen molar-refractivity contribution < 1.29 is 4.79 Å². The lowest BCUT2D eigenvalue weighted by molar-refractivity contribution is -0.121. The van der Waals surface area contributed by atoms with Crippen molar-refractivity contribution in [1.82, 2.24) is 14.9 Å². The van der Waals surface area contributed by atoms with Gasteiger partial charge in [0.05, 0.1) is 28.6 Å². The molecule has 1 N–H and O–H groups in total. The van der Waals surface area contributed by atoms with Crippen molar-refractivity contribution in [1.29, 1.82) is 0 Å². The summed E-state index contributed by atoms with van der Waals surface area (Å²) in [7, 11) is 0. The van der Waals surface area contributed by atoms with Crippen molar-refractivity contribution in [3.05, 3.63) is 89.5 Å². The molecule has 0 saturated heterocycles. The molecular formula is C26H24N4O2S. The average molecular weight is 457 g/mol. The van der Waals surface area contributed by atoms with Gasteiger partial charge in [-0.3, -0.25) is 14.2 Å². The van der Waals surface area contributed by atoms with Crippen LogP contribution in [-0.2, 0) is 11.3 Å². The molecule has 0 aliphatic carbocycles. The molecule has 4 aromatic rings. The minimum absolute atomic E-state index is 0.0648. The highest BCUT2D eigenvalue weighted by molar-refractivity contribution is 7.99. The van der Waals surface area contributed by atoms with Crippen LogP contribution in [0.25, 0.3) is 10.9 Å². The number of rotatable bonds is 7. The predicted octanol–water partition coefficient (Wildman–Crippen LogP) is 4.60. The van der Waals surface area contributed by atoms with Gasteiger partial charge in [0.25, 0.3) is 5.56 Å². The molecule has 166 valence electrons. The van der Waals surface area contributed by atoms with E-state index in [0.29, 0.717) is 24.0 Å². The third-order valence-electron chi connectivity index (χ3n) is 5.72. The Hall–Kier alpha value is -3.58. The van der Waals surface area contributed by atoms with Crippen molar-refractivity contribution in [2.24, 2.45) is 0 Å². The third-order valence-corrected chi connectivity index (χ3v) is 6.85. The summed E-state index contributed by atoms with van der Waals surface area (Å²) in [5, 5.41) is 3.56. The number of nitrogens with zero attached hydrogens (tertiary/aromatic N) is 3. The molecule has 0 atom stereocenters. The second-order valence-electron chi connectivity index (χ2n) is 7.90. The van der Waals surface area contributed by atoms with E-state index < -0.39 is 0 Å². The lowest BCUT2D eigenvalue weighted by atomic mass is 10.2. The van der Waals surface area contributed by atoms with Gasteiger partial charge >= 0.3 is 0 Å². The van der Waals surface area contributed by atoms with E-state index in [1.54, 1.807) is 17.8 Å². The molecule has 6 nitrogen and oxygen atoms in total. The Kier molecular flexibility index (Phi) is 6.13. The van der Waals surface area contributed by atoms with Gasteiger partial charge in [0.2, 0.25) is 5.91 Å². The van der Waals surface area contributed by atoms with Gasteiger partial charge in [0.1, 0.15) is 0 Å². The smallest absolute Gasteiger partial charge is 0.261 e. The number of carbonyl (C=O) groups excluding carboxylic acids is 1. The van der Waals surface area contributed by atoms with Crippen molar-refractivity contribution in [3.63, 3.8) is 0 Å². The molecule has 1 amide bonds. The summed E-state index contributed by atoms with van der Waals surface area (Å²) < 4.78 is 1.50. The molecule has 0 fully saturated rings. The second-order valence-corrected chi connectivity index (χ2v) is 8.99. The molecule has 0 radical (unpaired) electrons. The summed E-state index contributed by atoms with van der Waals surface area (Å²) in [6.45, 7) is 1.70. The normalized spacial score (nSPS) is 12.3. The van der Waals surface area contributed by atoms with Gasteiger partial charge in [0.15, 0.2) is 0 Å². The van der Waals surface area contributed by atoms with E-state index in [4.69, 9.17) is 0 Å². The quantitative estimate of drug-likeness (QED) is 0.412. The van der Waals surface area contributed by atoms with Crippen LogP contribution in [0.1, 0.15) is 12.8 Å². The fourth-order valence-electron chi connectivity index (χ4n) is 4.06. The first-order valence-corrected chi connectivity index (χ1v) is 11.9. The highest BCUT2D eigenvalue weighted by atomic mass is 32.2. The highest BCUT2D eigenvalue weighted by Crippen LogP contribution is 2.47. The van der Waals surface area contributed by atoms with E-state index in [1.807, 2.05) is 18.2 Å². The number of fused-ring (bicyclic) bond motifs is 3. The molecule has 0 bridgehead atoms. The van der Waals surface area contributed by atoms with Crippen molar-refractivity contribution in [2.75, 3.05) is 18.0 Å². The highest BCUT2D eigenvalue weighted by Gasteiger charge is 2.22. The number of benzene rings is 3. The van der Waals surface area contributed by atoms with Crippen LogP contribution < -0.4 is 15.8 Å². The number of aryl methyl sites for hydroxylation is 1. The Balaban J connectivity index is 1.16. The summed E-state index contributed by atoms with van der Waals surface area (Å²) in [6.07, 6.45) is 2.57. The van der Waals surface area contributed by atoms with Gasteiger partial charge in [-0.15, -0.1) is 0 Å². The van der Waals surface area contributed by atoms with Gasteiger partial charge in [-0.25, -0.2) is 4.98 Å². The maximum Gasteiger partial charge on any atom is 0.261 e. The van der Waals surface area contributed by atoms with E-state index in [2.05, 4.69) is 63.7 Å². The van der Waals surface area contributed by atoms with Crippen LogP contribution in [0.5, 0.6) is 0 Å². The SMILES string of the molecule is O=C(CCn1cnc2ccccc2c1=O)NCCCN1c2ccccc2Sc2ccccc21. The number of hydrogen-bond acceptors (Lipinski definition) is 5. The fraction of sp³-hybridized carbons (Fsp3) is 0.192. The van der Waals surface area contributed by atoms with E-state index in [9.17, 15) is 9.59 Å². The molecule has 1 aliphatic heterocycles. The summed E-state index contributed by atoms with van der Waals surface area (Å²) in [4.78, 5) is 34.1. The standard InChI is InChI=1S/C26H24N4O2S/c31-25(14-17-29-18-28-20-9-2-1-8-19(20)26(29)32)27-15-7-16-30-21-10-3-5-12-23(21)33-24-13-6-4-11-22(24)30/h1-6,8-13,18H,7,14-17H2,(H,27,31). The van der Waals surface area contributed by atoms with Crippen LogP contribution in [0, 0.1) is 0 Å². The van der Waals surface area contributed by atoms with E-state index in [1.165, 1.54) is 32.1 Å². The first-order valence-electron chi connectivity index (χ1n) is 11.0. The summed E-state index contributed by atoms with van der Waals surface area (Å²) in [6, 6.07) is 24.1. The summed E-state index contributed by atoms with van der Waals surface area (Å²) in [5.41, 5.74) is 2.96. The monoisotopic (exact) mass is 456 g/mol. The minimum Gasteiger partial charge on any atom is -0.356 e. The number of carbonyl (C=O) groups is 1. The van der Waals surface area contributed by atoms with Crippen LogP contribution in [-0.4, -0.2) is 28.5 Å². The molecule has 0 unspecified atom stereocenters. The van der Waals surface area contributed by atoms with Crippen molar-refractivity contribution in [2.45, 2.75) is 29.2 Å². The lowest BCUT2D eigenvalue weighted by Crippen LogP contribution is -2.30. The zero-order valence-electron chi connectivity index (χ0n) is 18.1. The van der Waals surface area contributed by atoms with Crippen molar-refractivity contribution in [3.8, 4) is 0 Å². The molecule has 1 aliphatic rings. The summed E-state index contributed by atoms with van der Waals surface area (Å²) >= 11 is 1.79. The van der Waals surface area contributed by atoms with Crippen LogP contribution in [0.4, 0.5) is 11.4 Å². The largest absolute Gasteiger partial charge is 0.356 e. The molecule has 2 heterocycles. The first kappa shape index (κ1) is 21.3. The number of anilines is 2. The molecular weight excluding hydrogens is 432 g/mol. The van der Waals surface area contributed by atoms with Crippen LogP contribution in [0.3, 0.4) is 0 Å². The molecule has 5 rings (SSSR count). The number of amides is 1. The number of para-hydroxylation sites is 3. The van der Waals surface area contributed by atoms with Gasteiger partial charge in [-0.2, -0.15) is 0 Å². The Labute approximate surface area is 196 Å². The Morgan fingerprint density at radius 2 is 1.55 bits per heavy atom. The predicted molar refractivity (Wildman–Crippen MR) is 132 cm³/mol. The maximum absolute atomic E-state index is 12.6. The first-order chi connectivity index (χ1) is 16.2. The zero-order valence-corrected chi connectivity index (χ0v) is 18.9. The van der Waals surface area contributed by atoms with E-state index >= 15 is 0 Å². The molecule has 33 heavy (non-hydrogen) atoms. The van der Waals surface area contributed by atoms with Gasteiger partial charge in [0, 0.05) is 35.8 Å². The summed E-state index contributed by atoms with van der Waals surface area (Å²) in [5.74, 6) is -0.0648. The Morgan fingerprint density at radius 1 is 0.879 bits per heavy atom. The van der Waals surface area contributed by atoms with Gasteiger partial charge in [-0.05, 0) is 42.8 Å². The number of aromatic nitrogens is 2. The minimum atomic E-state index is -0.117. The van der Waals surface area contributed by atoms with Crippen molar-refractivity contribution >= 4 is 39.9 Å². The van der Waals surface area contributed by atoms with E-state index in [-0.39, 0.29) is 17.9 Å². The fourth-order valence-corrected chi connectivity index (χ4v) is 5.16. The van der Waals surface area contributed by atoms with Gasteiger partial charge < -0.3 is 10.2 Å². The van der Waals surface area contributed by atoms with Crippen LogP contribution in [0.2, 0.25) is 0 Å². The second kappa shape index (κ2) is 9.50. The molecule has 1 aromatic heterocycles. The number of hydrogen-bond donors (Lipinski definition) is 1. The third kappa shape index (κ3) is 4.50. The van der Waals surface area contributed by atoms with Crippen LogP contribution in [0.15, 0.2) is 93.7 Å². The molecule has 7 heteroatoms.